The average molecular weight is 493 g/mol. The van der Waals surface area contributed by atoms with Gasteiger partial charge in [0.05, 0.1) is 17.3 Å². The molecule has 0 fully saturated rings. The number of aliphatic hydroxyl groups excluding tert-OH is 3. The maximum absolute atomic E-state index is 10.0. The fraction of sp³-hybridized carbons (Fsp3) is 0.400. The summed E-state index contributed by atoms with van der Waals surface area (Å²) in [5.41, 5.74) is 0. The van der Waals surface area contributed by atoms with E-state index in [1.807, 2.05) is 0 Å². The van der Waals surface area contributed by atoms with Crippen LogP contribution in [0.3, 0.4) is 0 Å². The van der Waals surface area contributed by atoms with E-state index < -0.39 is 0 Å². The third-order valence-corrected chi connectivity index (χ3v) is 1.24. The SMILES string of the molecule is CC(=O)/C=C(/C)O.CC(=O)/C=C(/C)O.CC(=O)/C=C(/C)O.[Ir]. The Morgan fingerprint density at radius 3 is 0.682 bits per heavy atom. The van der Waals surface area contributed by atoms with E-state index in [1.165, 1.54) is 59.8 Å². The van der Waals surface area contributed by atoms with Gasteiger partial charge in [-0.25, -0.2) is 0 Å². The van der Waals surface area contributed by atoms with Crippen molar-refractivity contribution in [1.29, 1.82) is 0 Å². The Morgan fingerprint density at radius 1 is 0.545 bits per heavy atom. The van der Waals surface area contributed by atoms with Crippen molar-refractivity contribution in [3.8, 4) is 0 Å². The average Bonchev–Trinajstić information content (AvgIpc) is 2.10. The molecule has 0 bridgehead atoms. The van der Waals surface area contributed by atoms with Crippen LogP contribution in [0.1, 0.15) is 41.5 Å². The number of carbonyl (C=O) groups excluding carboxylic acids is 3. The van der Waals surface area contributed by atoms with Crippen LogP contribution in [0.5, 0.6) is 0 Å². The Bertz CT molecular complexity index is 368. The molecule has 0 aliphatic rings. The molecule has 0 aromatic rings. The zero-order valence-corrected chi connectivity index (χ0v) is 16.0. The predicted octanol–water partition coefficient (Wildman–Crippen LogP) is 3.11. The zero-order chi connectivity index (χ0) is 17.6. The molecule has 0 saturated heterocycles. The van der Waals surface area contributed by atoms with Gasteiger partial charge in [0.25, 0.3) is 0 Å². The molecule has 0 rings (SSSR count). The molecule has 0 spiro atoms. The Morgan fingerprint density at radius 2 is 0.682 bits per heavy atom. The summed E-state index contributed by atoms with van der Waals surface area (Å²) in [6, 6.07) is 0. The number of aliphatic hydroxyl groups is 3. The van der Waals surface area contributed by atoms with Gasteiger partial charge in [-0.05, 0) is 41.5 Å². The van der Waals surface area contributed by atoms with Gasteiger partial charge in [0, 0.05) is 38.3 Å². The third kappa shape index (κ3) is 51.7. The number of hydrogen-bond acceptors (Lipinski definition) is 6. The zero-order valence-electron chi connectivity index (χ0n) is 13.6. The van der Waals surface area contributed by atoms with Crippen LogP contribution in [0.2, 0.25) is 0 Å². The standard InChI is InChI=1S/3C5H8O2.Ir/c3*1-4(6)3-5(2)7;/h3*3,6H,1-2H3;/b3*4-3-;. The maximum atomic E-state index is 10.0. The van der Waals surface area contributed by atoms with E-state index in [0.717, 1.165) is 0 Å². The summed E-state index contributed by atoms with van der Waals surface area (Å²) in [5, 5.41) is 25.1. The molecule has 0 aliphatic heterocycles. The van der Waals surface area contributed by atoms with Crippen LogP contribution in [-0.2, 0) is 34.5 Å². The number of hydrogen-bond donors (Lipinski definition) is 3. The van der Waals surface area contributed by atoms with E-state index in [2.05, 4.69) is 0 Å². The van der Waals surface area contributed by atoms with Gasteiger partial charge < -0.3 is 15.3 Å². The molecule has 0 aliphatic carbocycles. The molecule has 0 unspecified atom stereocenters. The van der Waals surface area contributed by atoms with Crippen LogP contribution in [0, 0.1) is 0 Å². The van der Waals surface area contributed by atoms with Crippen LogP contribution in [0.4, 0.5) is 0 Å². The third-order valence-electron chi connectivity index (χ3n) is 1.24. The molecule has 0 atom stereocenters. The predicted molar refractivity (Wildman–Crippen MR) is 81.2 cm³/mol. The molecule has 0 aromatic heterocycles. The summed E-state index contributed by atoms with van der Waals surface area (Å²) in [6.07, 6.45) is 3.50. The van der Waals surface area contributed by atoms with Crippen molar-refractivity contribution in [3.05, 3.63) is 35.5 Å². The van der Waals surface area contributed by atoms with E-state index in [9.17, 15) is 14.4 Å². The topological polar surface area (TPSA) is 112 Å². The number of carbonyl (C=O) groups is 3. The summed E-state index contributed by atoms with van der Waals surface area (Å²) in [5.74, 6) is -0.187. The van der Waals surface area contributed by atoms with Crippen molar-refractivity contribution in [2.45, 2.75) is 41.5 Å². The fourth-order valence-corrected chi connectivity index (χ4v) is 0.882. The second-order valence-corrected chi connectivity index (χ2v) is 4.19. The largest absolute Gasteiger partial charge is 0.512 e. The van der Waals surface area contributed by atoms with Crippen LogP contribution < -0.4 is 0 Å². The van der Waals surface area contributed by atoms with Gasteiger partial charge in [-0.15, -0.1) is 0 Å². The Kier molecular flexibility index (Phi) is 22.4. The fourth-order valence-electron chi connectivity index (χ4n) is 0.882. The van der Waals surface area contributed by atoms with E-state index in [1.54, 1.807) is 0 Å². The molecule has 0 heterocycles. The molecule has 22 heavy (non-hydrogen) atoms. The molecule has 129 valence electrons. The molecule has 0 amide bonds. The van der Waals surface area contributed by atoms with E-state index in [0.29, 0.717) is 0 Å². The van der Waals surface area contributed by atoms with Gasteiger partial charge in [-0.3, -0.25) is 14.4 Å². The molecule has 0 saturated carbocycles. The molecular weight excluding hydrogens is 468 g/mol. The Labute approximate surface area is 144 Å². The summed E-state index contributed by atoms with van der Waals surface area (Å²) in [7, 11) is 0. The first-order valence-corrected chi connectivity index (χ1v) is 6.02. The van der Waals surface area contributed by atoms with Gasteiger partial charge in [0.2, 0.25) is 0 Å². The minimum absolute atomic E-state index is 0. The monoisotopic (exact) mass is 493 g/mol. The van der Waals surface area contributed by atoms with Crippen LogP contribution >= 0.6 is 0 Å². The number of rotatable bonds is 3. The molecular formula is C15H24IrO6. The minimum atomic E-state index is -0.125. The molecule has 3 N–H and O–H groups in total. The van der Waals surface area contributed by atoms with Crippen LogP contribution in [0.15, 0.2) is 35.5 Å². The van der Waals surface area contributed by atoms with Crippen molar-refractivity contribution < 1.29 is 49.8 Å². The number of allylic oxidation sites excluding steroid dienone is 6. The van der Waals surface area contributed by atoms with Gasteiger partial charge in [0.15, 0.2) is 17.3 Å². The van der Waals surface area contributed by atoms with Crippen molar-refractivity contribution in [2.75, 3.05) is 0 Å². The first-order valence-electron chi connectivity index (χ1n) is 6.02. The van der Waals surface area contributed by atoms with Crippen LogP contribution in [0.25, 0.3) is 0 Å². The Balaban J connectivity index is -0.000000108. The second kappa shape index (κ2) is 17.3. The van der Waals surface area contributed by atoms with Crippen molar-refractivity contribution in [3.63, 3.8) is 0 Å². The summed E-state index contributed by atoms with van der Waals surface area (Å²) < 4.78 is 0. The van der Waals surface area contributed by atoms with Gasteiger partial charge in [0.1, 0.15) is 0 Å². The number of ketones is 3. The first kappa shape index (κ1) is 28.4. The summed E-state index contributed by atoms with van der Waals surface area (Å²) >= 11 is 0. The van der Waals surface area contributed by atoms with Crippen molar-refractivity contribution in [2.24, 2.45) is 0 Å². The second-order valence-electron chi connectivity index (χ2n) is 4.19. The van der Waals surface area contributed by atoms with Crippen LogP contribution in [-0.4, -0.2) is 32.7 Å². The summed E-state index contributed by atoms with van der Waals surface area (Å²) in [6.45, 7) is 8.54. The summed E-state index contributed by atoms with van der Waals surface area (Å²) in [4.78, 5) is 30.1. The molecule has 6 nitrogen and oxygen atoms in total. The van der Waals surface area contributed by atoms with E-state index in [4.69, 9.17) is 15.3 Å². The van der Waals surface area contributed by atoms with Gasteiger partial charge in [-0.1, -0.05) is 0 Å². The normalized spacial score (nSPS) is 10.9. The van der Waals surface area contributed by atoms with E-state index in [-0.39, 0.29) is 54.7 Å². The van der Waals surface area contributed by atoms with Crippen molar-refractivity contribution in [1.82, 2.24) is 0 Å². The van der Waals surface area contributed by atoms with Gasteiger partial charge in [-0.2, -0.15) is 0 Å². The quantitative estimate of drug-likeness (QED) is 0.412. The molecule has 7 heteroatoms. The smallest absolute Gasteiger partial charge is 0.155 e. The van der Waals surface area contributed by atoms with E-state index >= 15 is 0 Å². The first-order chi connectivity index (χ1) is 9.38. The van der Waals surface area contributed by atoms with Gasteiger partial charge >= 0.3 is 0 Å². The molecule has 0 aromatic carbocycles. The Hall–Kier alpha value is -1.72. The molecule has 1 radical (unpaired) electrons. The van der Waals surface area contributed by atoms with Crippen molar-refractivity contribution >= 4 is 17.3 Å². The maximum Gasteiger partial charge on any atom is 0.155 e. The minimum Gasteiger partial charge on any atom is -0.512 e.